The first kappa shape index (κ1) is 7.54. The van der Waals surface area contributed by atoms with E-state index in [4.69, 9.17) is 0 Å². The molecule has 0 aliphatic carbocycles. The molecule has 1 saturated heterocycles. The zero-order chi connectivity index (χ0) is 6.85. The van der Waals surface area contributed by atoms with E-state index in [1.54, 1.807) is 0 Å². The monoisotopic (exact) mass is 237 g/mol. The first-order valence-corrected chi connectivity index (χ1v) is 4.48. The van der Waals surface area contributed by atoms with Crippen LogP contribution in [0, 0.1) is 0 Å². The van der Waals surface area contributed by atoms with E-state index in [2.05, 4.69) is 41.1 Å². The van der Waals surface area contributed by atoms with Crippen LogP contribution in [0.2, 0.25) is 0 Å². The van der Waals surface area contributed by atoms with Crippen LogP contribution in [0.1, 0.15) is 12.8 Å². The van der Waals surface area contributed by atoms with Crippen LogP contribution in [0.3, 0.4) is 0 Å². The Labute approximate surface area is 70.3 Å². The lowest BCUT2D eigenvalue weighted by Gasteiger charge is -2.29. The van der Waals surface area contributed by atoms with Crippen LogP contribution < -0.4 is 0 Å². The molecule has 52 valence electrons. The SMILES string of the molecule is C=C1CCCN(C)C1I. The molecule has 0 aromatic heterocycles. The van der Waals surface area contributed by atoms with E-state index in [9.17, 15) is 0 Å². The predicted molar refractivity (Wildman–Crippen MR) is 48.8 cm³/mol. The average molecular weight is 237 g/mol. The van der Waals surface area contributed by atoms with Gasteiger partial charge in [0.05, 0.1) is 4.05 Å². The number of likely N-dealkylation sites (N-methyl/N-ethyl adjacent to an activating group) is 1. The third kappa shape index (κ3) is 1.67. The molecule has 1 unspecified atom stereocenters. The molecule has 1 atom stereocenters. The van der Waals surface area contributed by atoms with Crippen LogP contribution >= 0.6 is 22.6 Å². The van der Waals surface area contributed by atoms with Gasteiger partial charge in [-0.2, -0.15) is 0 Å². The lowest BCUT2D eigenvalue weighted by Crippen LogP contribution is -2.32. The molecule has 0 N–H and O–H groups in total. The minimum absolute atomic E-state index is 0.580. The molecule has 1 rings (SSSR count). The lowest BCUT2D eigenvalue weighted by molar-refractivity contribution is 0.310. The molecule has 0 bridgehead atoms. The van der Waals surface area contributed by atoms with E-state index in [1.807, 2.05) is 0 Å². The quantitative estimate of drug-likeness (QED) is 0.269. The highest BCUT2D eigenvalue weighted by molar-refractivity contribution is 14.1. The highest BCUT2D eigenvalue weighted by atomic mass is 127. The van der Waals surface area contributed by atoms with Crippen LogP contribution in [0.5, 0.6) is 0 Å². The summed E-state index contributed by atoms with van der Waals surface area (Å²) in [5.41, 5.74) is 1.38. The van der Waals surface area contributed by atoms with Crippen LogP contribution in [0.25, 0.3) is 0 Å². The van der Waals surface area contributed by atoms with Crippen molar-refractivity contribution in [2.75, 3.05) is 13.6 Å². The van der Waals surface area contributed by atoms with Gasteiger partial charge in [0, 0.05) is 0 Å². The van der Waals surface area contributed by atoms with Gasteiger partial charge in [0.2, 0.25) is 0 Å². The largest absolute Gasteiger partial charge is 0.291 e. The third-order valence-electron chi connectivity index (χ3n) is 1.73. The van der Waals surface area contributed by atoms with Gasteiger partial charge in [-0.05, 0) is 26.4 Å². The molecule has 0 aromatic carbocycles. The number of rotatable bonds is 0. The number of halogens is 1. The van der Waals surface area contributed by atoms with Gasteiger partial charge in [0.25, 0.3) is 0 Å². The first-order valence-electron chi connectivity index (χ1n) is 3.24. The van der Waals surface area contributed by atoms with Crippen LogP contribution in [-0.2, 0) is 0 Å². The molecule has 0 spiro atoms. The summed E-state index contributed by atoms with van der Waals surface area (Å²) in [6, 6.07) is 0. The van der Waals surface area contributed by atoms with Gasteiger partial charge < -0.3 is 0 Å². The molecule has 1 aliphatic rings. The molecule has 9 heavy (non-hydrogen) atoms. The molecule has 1 aliphatic heterocycles. The molecule has 1 heterocycles. The van der Waals surface area contributed by atoms with Gasteiger partial charge in [-0.25, -0.2) is 0 Å². The molecule has 1 fully saturated rings. The Balaban J connectivity index is 2.51. The molecule has 0 aromatic rings. The van der Waals surface area contributed by atoms with Crippen LogP contribution in [-0.4, -0.2) is 22.5 Å². The van der Waals surface area contributed by atoms with E-state index >= 15 is 0 Å². The Hall–Kier alpha value is 0.430. The Morgan fingerprint density at radius 3 is 2.89 bits per heavy atom. The lowest BCUT2D eigenvalue weighted by atomic mass is 10.1. The summed E-state index contributed by atoms with van der Waals surface area (Å²) >= 11 is 2.44. The molecule has 0 radical (unpaired) electrons. The average Bonchev–Trinajstić information content (AvgIpc) is 1.83. The first-order chi connectivity index (χ1) is 4.22. The van der Waals surface area contributed by atoms with Crippen molar-refractivity contribution < 1.29 is 0 Å². The summed E-state index contributed by atoms with van der Waals surface area (Å²) in [6.45, 7) is 5.23. The Kier molecular flexibility index (Phi) is 2.52. The summed E-state index contributed by atoms with van der Waals surface area (Å²) in [5, 5.41) is 0. The predicted octanol–water partition coefficient (Wildman–Crippen LogP) is 2.03. The minimum atomic E-state index is 0.580. The van der Waals surface area contributed by atoms with E-state index in [0.29, 0.717) is 4.05 Å². The molecular formula is C7H12IN. The summed E-state index contributed by atoms with van der Waals surface area (Å²) in [4.78, 5) is 2.34. The third-order valence-corrected chi connectivity index (χ3v) is 3.56. The maximum atomic E-state index is 4.00. The van der Waals surface area contributed by atoms with E-state index in [1.165, 1.54) is 25.0 Å². The second kappa shape index (κ2) is 3.01. The number of alkyl halides is 1. The van der Waals surface area contributed by atoms with Gasteiger partial charge in [0.15, 0.2) is 0 Å². The summed E-state index contributed by atoms with van der Waals surface area (Å²) < 4.78 is 0.580. The normalized spacial score (nSPS) is 30.9. The highest BCUT2D eigenvalue weighted by Crippen LogP contribution is 2.24. The fraction of sp³-hybridized carbons (Fsp3) is 0.714. The minimum Gasteiger partial charge on any atom is -0.291 e. The molecular weight excluding hydrogens is 225 g/mol. The Morgan fingerprint density at radius 2 is 2.44 bits per heavy atom. The maximum Gasteiger partial charge on any atom is 0.0828 e. The van der Waals surface area contributed by atoms with Gasteiger partial charge >= 0.3 is 0 Å². The van der Waals surface area contributed by atoms with Crippen LogP contribution in [0.4, 0.5) is 0 Å². The molecule has 0 saturated carbocycles. The van der Waals surface area contributed by atoms with Gasteiger partial charge in [-0.3, -0.25) is 4.90 Å². The van der Waals surface area contributed by atoms with E-state index < -0.39 is 0 Å². The van der Waals surface area contributed by atoms with Gasteiger partial charge in [-0.1, -0.05) is 34.7 Å². The van der Waals surface area contributed by atoms with Crippen molar-refractivity contribution in [3.05, 3.63) is 12.2 Å². The maximum absolute atomic E-state index is 4.00. The topological polar surface area (TPSA) is 3.24 Å². The van der Waals surface area contributed by atoms with Crippen molar-refractivity contribution in [1.82, 2.24) is 4.90 Å². The van der Waals surface area contributed by atoms with Crippen molar-refractivity contribution in [3.8, 4) is 0 Å². The number of likely N-dealkylation sites (tertiary alicyclic amines) is 1. The zero-order valence-electron chi connectivity index (χ0n) is 5.73. The number of nitrogens with zero attached hydrogens (tertiary/aromatic N) is 1. The van der Waals surface area contributed by atoms with Crippen molar-refractivity contribution >= 4 is 22.6 Å². The van der Waals surface area contributed by atoms with Crippen molar-refractivity contribution in [2.24, 2.45) is 0 Å². The van der Waals surface area contributed by atoms with E-state index in [0.717, 1.165) is 0 Å². The van der Waals surface area contributed by atoms with Gasteiger partial charge in [0.1, 0.15) is 0 Å². The molecule has 1 nitrogen and oxygen atoms in total. The molecule has 0 amide bonds. The standard InChI is InChI=1S/C7H12IN/c1-6-4-3-5-9(2)7(6)8/h7H,1,3-5H2,2H3. The zero-order valence-corrected chi connectivity index (χ0v) is 7.89. The van der Waals surface area contributed by atoms with Crippen molar-refractivity contribution in [1.29, 1.82) is 0 Å². The fourth-order valence-corrected chi connectivity index (χ4v) is 1.69. The summed E-state index contributed by atoms with van der Waals surface area (Å²) in [5.74, 6) is 0. The molecule has 2 heteroatoms. The number of piperidine rings is 1. The van der Waals surface area contributed by atoms with E-state index in [-0.39, 0.29) is 0 Å². The smallest absolute Gasteiger partial charge is 0.0828 e. The second-order valence-corrected chi connectivity index (χ2v) is 3.76. The summed E-state index contributed by atoms with van der Waals surface area (Å²) in [6.07, 6.45) is 2.51. The fourth-order valence-electron chi connectivity index (χ4n) is 1.10. The van der Waals surface area contributed by atoms with Crippen LogP contribution in [0.15, 0.2) is 12.2 Å². The highest BCUT2D eigenvalue weighted by Gasteiger charge is 2.18. The van der Waals surface area contributed by atoms with Crippen molar-refractivity contribution in [2.45, 2.75) is 16.9 Å². The Bertz CT molecular complexity index is 122. The summed E-state index contributed by atoms with van der Waals surface area (Å²) in [7, 11) is 2.15. The van der Waals surface area contributed by atoms with Gasteiger partial charge in [-0.15, -0.1) is 0 Å². The number of hydrogen-bond acceptors (Lipinski definition) is 1. The second-order valence-electron chi connectivity index (χ2n) is 2.58. The number of hydrogen-bond donors (Lipinski definition) is 0. The van der Waals surface area contributed by atoms with Crippen molar-refractivity contribution in [3.63, 3.8) is 0 Å². The Morgan fingerprint density at radius 1 is 1.78 bits per heavy atom.